The van der Waals surface area contributed by atoms with Gasteiger partial charge in [-0.25, -0.2) is 0 Å². The summed E-state index contributed by atoms with van der Waals surface area (Å²) in [6, 6.07) is 9.57. The number of hydrogen-bond donors (Lipinski definition) is 1. The van der Waals surface area contributed by atoms with Crippen LogP contribution in [0, 0.1) is 0 Å². The van der Waals surface area contributed by atoms with Crippen molar-refractivity contribution in [2.24, 2.45) is 0 Å². The van der Waals surface area contributed by atoms with E-state index in [9.17, 15) is 0 Å². The van der Waals surface area contributed by atoms with Crippen LogP contribution in [0.15, 0.2) is 35.0 Å². The molecule has 2 rings (SSSR count). The second-order valence-corrected chi connectivity index (χ2v) is 7.03. The Morgan fingerprint density at radius 3 is 2.24 bits per heavy atom. The third-order valence-corrected chi connectivity index (χ3v) is 4.70. The largest absolute Gasteiger partial charge is 0.306 e. The molecule has 1 heterocycles. The van der Waals surface area contributed by atoms with E-state index in [1.165, 1.54) is 22.3 Å². The van der Waals surface area contributed by atoms with Crippen molar-refractivity contribution < 1.29 is 0 Å². The molecule has 21 heavy (non-hydrogen) atoms. The molecular weight excluding hydrogens is 274 g/mol. The maximum atomic E-state index is 3.65. The van der Waals surface area contributed by atoms with E-state index in [1.807, 2.05) is 0 Å². The molecular formula is C19H27NS. The van der Waals surface area contributed by atoms with E-state index in [0.29, 0.717) is 17.9 Å². The van der Waals surface area contributed by atoms with Gasteiger partial charge in [-0.2, -0.15) is 11.3 Å². The van der Waals surface area contributed by atoms with E-state index in [0.717, 1.165) is 6.54 Å². The Bertz CT molecular complexity index is 555. The molecule has 1 nitrogen and oxygen atoms in total. The lowest BCUT2D eigenvalue weighted by molar-refractivity contribution is 0.621. The Morgan fingerprint density at radius 2 is 1.71 bits per heavy atom. The molecule has 1 aromatic carbocycles. The highest BCUT2D eigenvalue weighted by atomic mass is 32.1. The molecule has 1 N–H and O–H groups in total. The van der Waals surface area contributed by atoms with E-state index < -0.39 is 0 Å². The first-order valence-corrected chi connectivity index (χ1v) is 8.88. The summed E-state index contributed by atoms with van der Waals surface area (Å²) < 4.78 is 0. The topological polar surface area (TPSA) is 12.0 Å². The van der Waals surface area contributed by atoms with Gasteiger partial charge in [0.25, 0.3) is 0 Å². The fourth-order valence-corrected chi connectivity index (χ4v) is 3.45. The van der Waals surface area contributed by atoms with Crippen LogP contribution in [0.4, 0.5) is 0 Å². The Hall–Kier alpha value is -1.12. The van der Waals surface area contributed by atoms with Crippen LogP contribution in [0.5, 0.6) is 0 Å². The molecule has 0 aliphatic rings. The number of nitrogens with one attached hydrogen (secondary N) is 1. The van der Waals surface area contributed by atoms with Crippen molar-refractivity contribution in [2.45, 2.75) is 52.5 Å². The minimum absolute atomic E-state index is 0.305. The molecule has 0 radical (unpaired) electrons. The highest BCUT2D eigenvalue weighted by Gasteiger charge is 2.19. The van der Waals surface area contributed by atoms with Crippen LogP contribution in [0.1, 0.15) is 74.8 Å². The van der Waals surface area contributed by atoms with Gasteiger partial charge in [-0.15, -0.1) is 0 Å². The summed E-state index contributed by atoms with van der Waals surface area (Å²) in [5, 5.41) is 8.07. The fourth-order valence-electron chi connectivity index (χ4n) is 2.77. The van der Waals surface area contributed by atoms with Gasteiger partial charge in [-0.3, -0.25) is 0 Å². The number of thiophene rings is 1. The molecule has 114 valence electrons. The van der Waals surface area contributed by atoms with Crippen LogP contribution in [0.25, 0.3) is 0 Å². The molecule has 0 bridgehead atoms. The van der Waals surface area contributed by atoms with Gasteiger partial charge in [0, 0.05) is 0 Å². The summed E-state index contributed by atoms with van der Waals surface area (Å²) in [6.07, 6.45) is 0. The zero-order valence-corrected chi connectivity index (χ0v) is 14.6. The summed E-state index contributed by atoms with van der Waals surface area (Å²) in [7, 11) is 0. The van der Waals surface area contributed by atoms with Crippen molar-refractivity contribution in [1.29, 1.82) is 0 Å². The number of hydrogen-bond acceptors (Lipinski definition) is 2. The minimum atomic E-state index is 0.305. The molecule has 0 amide bonds. The van der Waals surface area contributed by atoms with Crippen LogP contribution >= 0.6 is 11.3 Å². The van der Waals surface area contributed by atoms with E-state index in [1.54, 1.807) is 11.3 Å². The zero-order valence-electron chi connectivity index (χ0n) is 13.8. The fraction of sp³-hybridized carbons (Fsp3) is 0.474. The SMILES string of the molecule is CCNC(c1ccsc1)c1ccc(C(C)C)cc1C(C)C. The first-order valence-electron chi connectivity index (χ1n) is 7.93. The number of rotatable bonds is 6. The van der Waals surface area contributed by atoms with Crippen molar-refractivity contribution in [1.82, 2.24) is 5.32 Å². The van der Waals surface area contributed by atoms with Gasteiger partial charge in [-0.1, -0.05) is 52.8 Å². The monoisotopic (exact) mass is 301 g/mol. The molecule has 0 spiro atoms. The molecule has 0 aliphatic carbocycles. The summed E-state index contributed by atoms with van der Waals surface area (Å²) in [5.41, 5.74) is 5.71. The van der Waals surface area contributed by atoms with E-state index in [-0.39, 0.29) is 0 Å². The van der Waals surface area contributed by atoms with Gasteiger partial charge in [-0.05, 0) is 57.5 Å². The summed E-state index contributed by atoms with van der Waals surface area (Å²) in [6.45, 7) is 12.3. The van der Waals surface area contributed by atoms with Gasteiger partial charge in [0.15, 0.2) is 0 Å². The van der Waals surface area contributed by atoms with Gasteiger partial charge < -0.3 is 5.32 Å². The van der Waals surface area contributed by atoms with Crippen LogP contribution in [-0.2, 0) is 0 Å². The molecule has 2 heteroatoms. The van der Waals surface area contributed by atoms with Crippen molar-refractivity contribution >= 4 is 11.3 Å². The van der Waals surface area contributed by atoms with Gasteiger partial charge in [0.1, 0.15) is 0 Å². The molecule has 0 saturated carbocycles. The van der Waals surface area contributed by atoms with Crippen molar-refractivity contribution in [3.8, 4) is 0 Å². The van der Waals surface area contributed by atoms with Crippen LogP contribution in [0.2, 0.25) is 0 Å². The van der Waals surface area contributed by atoms with Crippen molar-refractivity contribution in [2.75, 3.05) is 6.54 Å². The second-order valence-electron chi connectivity index (χ2n) is 6.25. The molecule has 0 aliphatic heterocycles. The zero-order chi connectivity index (χ0) is 15.4. The first-order chi connectivity index (χ1) is 10.0. The Morgan fingerprint density at radius 1 is 0.952 bits per heavy atom. The van der Waals surface area contributed by atoms with Crippen LogP contribution < -0.4 is 5.32 Å². The lowest BCUT2D eigenvalue weighted by Gasteiger charge is -2.24. The van der Waals surface area contributed by atoms with Crippen LogP contribution in [0.3, 0.4) is 0 Å². The van der Waals surface area contributed by atoms with Crippen molar-refractivity contribution in [3.05, 3.63) is 57.3 Å². The van der Waals surface area contributed by atoms with E-state index in [2.05, 4.69) is 75.0 Å². The predicted octanol–water partition coefficient (Wildman–Crippen LogP) is 5.69. The first kappa shape index (κ1) is 16.3. The Labute approximate surface area is 133 Å². The highest BCUT2D eigenvalue weighted by Crippen LogP contribution is 2.32. The quantitative estimate of drug-likeness (QED) is 0.722. The summed E-state index contributed by atoms with van der Waals surface area (Å²) in [4.78, 5) is 0. The minimum Gasteiger partial charge on any atom is -0.306 e. The summed E-state index contributed by atoms with van der Waals surface area (Å²) >= 11 is 1.77. The molecule has 0 fully saturated rings. The lowest BCUT2D eigenvalue weighted by Crippen LogP contribution is -2.23. The summed E-state index contributed by atoms with van der Waals surface area (Å²) in [5.74, 6) is 1.12. The predicted molar refractivity (Wildman–Crippen MR) is 94.5 cm³/mol. The van der Waals surface area contributed by atoms with E-state index in [4.69, 9.17) is 0 Å². The smallest absolute Gasteiger partial charge is 0.0587 e. The molecule has 1 aromatic heterocycles. The van der Waals surface area contributed by atoms with Gasteiger partial charge >= 0.3 is 0 Å². The van der Waals surface area contributed by atoms with Crippen LogP contribution in [-0.4, -0.2) is 6.54 Å². The lowest BCUT2D eigenvalue weighted by atomic mass is 9.87. The maximum absolute atomic E-state index is 3.65. The average Bonchev–Trinajstić information content (AvgIpc) is 2.98. The van der Waals surface area contributed by atoms with Gasteiger partial charge in [0.05, 0.1) is 6.04 Å². The highest BCUT2D eigenvalue weighted by molar-refractivity contribution is 7.08. The standard InChI is InChI=1S/C19H27NS/c1-6-20-19(16-9-10-21-12-16)17-8-7-15(13(2)3)11-18(17)14(4)5/h7-14,19-20H,6H2,1-5H3. The third-order valence-electron chi connectivity index (χ3n) is 4.00. The molecule has 2 aromatic rings. The normalized spacial score (nSPS) is 13.1. The maximum Gasteiger partial charge on any atom is 0.0587 e. The van der Waals surface area contributed by atoms with E-state index >= 15 is 0 Å². The average molecular weight is 301 g/mol. The Kier molecular flexibility index (Phi) is 5.60. The van der Waals surface area contributed by atoms with Crippen molar-refractivity contribution in [3.63, 3.8) is 0 Å². The second kappa shape index (κ2) is 7.24. The Balaban J connectivity index is 2.49. The molecule has 0 saturated heterocycles. The number of benzene rings is 1. The van der Waals surface area contributed by atoms with Gasteiger partial charge in [0.2, 0.25) is 0 Å². The third kappa shape index (κ3) is 3.75. The molecule has 1 atom stereocenters. The molecule has 1 unspecified atom stereocenters.